The lowest BCUT2D eigenvalue weighted by atomic mass is 10.2. The highest BCUT2D eigenvalue weighted by Crippen LogP contribution is 2.09. The summed E-state index contributed by atoms with van der Waals surface area (Å²) in [4.78, 5) is 15.7. The van der Waals surface area contributed by atoms with Crippen molar-refractivity contribution in [3.63, 3.8) is 0 Å². The molecule has 0 aliphatic heterocycles. The minimum absolute atomic E-state index is 0.149. The normalized spacial score (nSPS) is 12.7. The summed E-state index contributed by atoms with van der Waals surface area (Å²) >= 11 is 5.74. The number of amides is 1. The number of carbonyl (C=O) groups excluding carboxylic acids is 1. The Morgan fingerprint density at radius 2 is 2.05 bits per heavy atom. The number of nitrogens with zero attached hydrogens (tertiary/aromatic N) is 3. The lowest BCUT2D eigenvalue weighted by Crippen LogP contribution is -2.41. The van der Waals surface area contributed by atoms with Gasteiger partial charge in [0.15, 0.2) is 5.15 Å². The molecule has 0 aromatic carbocycles. The van der Waals surface area contributed by atoms with E-state index in [1.807, 2.05) is 27.7 Å². The minimum Gasteiger partial charge on any atom is -0.444 e. The van der Waals surface area contributed by atoms with Crippen LogP contribution in [-0.2, 0) is 4.74 Å². The van der Waals surface area contributed by atoms with Crippen molar-refractivity contribution in [3.05, 3.63) is 10.8 Å². The van der Waals surface area contributed by atoms with Crippen molar-refractivity contribution in [2.75, 3.05) is 11.9 Å². The van der Waals surface area contributed by atoms with Crippen LogP contribution in [0.3, 0.4) is 0 Å². The van der Waals surface area contributed by atoms with Crippen molar-refractivity contribution >= 4 is 23.6 Å². The molecule has 0 unspecified atom stereocenters. The summed E-state index contributed by atoms with van der Waals surface area (Å²) in [6, 6.07) is -0.149. The van der Waals surface area contributed by atoms with E-state index in [4.69, 9.17) is 16.3 Å². The second kappa shape index (κ2) is 6.69. The summed E-state index contributed by atoms with van der Waals surface area (Å²) in [5.41, 5.74) is 0.0781. The molecule has 1 heterocycles. The Hall–Kier alpha value is -1.63. The van der Waals surface area contributed by atoms with Crippen LogP contribution in [0, 0.1) is 6.92 Å². The third-order valence-corrected chi connectivity index (χ3v) is 2.48. The first kappa shape index (κ1) is 16.4. The van der Waals surface area contributed by atoms with Gasteiger partial charge in [0.05, 0.1) is 5.69 Å². The molecule has 0 radical (unpaired) electrons. The van der Waals surface area contributed by atoms with E-state index in [-0.39, 0.29) is 11.2 Å². The van der Waals surface area contributed by atoms with E-state index in [1.54, 1.807) is 6.92 Å². The lowest BCUT2D eigenvalue weighted by Gasteiger charge is -2.22. The molecule has 2 N–H and O–H groups in total. The Morgan fingerprint density at radius 3 is 2.60 bits per heavy atom. The van der Waals surface area contributed by atoms with Gasteiger partial charge in [-0.2, -0.15) is 0 Å². The number of anilines is 1. The standard InChI is InChI=1S/C12H20ClN5O2/c1-7(15-11(19)20-12(3,4)5)6-14-10-16-8(2)9(13)17-18-10/h7H,6H2,1-5H3,(H,15,19)(H,14,16,18)/t7-/m1/s1. The molecule has 1 atom stereocenters. The van der Waals surface area contributed by atoms with E-state index in [1.165, 1.54) is 0 Å². The van der Waals surface area contributed by atoms with Crippen molar-refractivity contribution in [2.45, 2.75) is 46.3 Å². The van der Waals surface area contributed by atoms with E-state index in [2.05, 4.69) is 25.8 Å². The number of nitrogens with one attached hydrogen (secondary N) is 2. The van der Waals surface area contributed by atoms with Crippen molar-refractivity contribution < 1.29 is 9.53 Å². The second-order valence-corrected chi connectivity index (χ2v) is 5.80. The van der Waals surface area contributed by atoms with Crippen LogP contribution in [0.4, 0.5) is 10.7 Å². The third kappa shape index (κ3) is 6.01. The highest BCUT2D eigenvalue weighted by Gasteiger charge is 2.17. The summed E-state index contributed by atoms with van der Waals surface area (Å²) in [5, 5.41) is 13.5. The van der Waals surface area contributed by atoms with Crippen LogP contribution in [0.15, 0.2) is 0 Å². The number of rotatable bonds is 4. The zero-order valence-corrected chi connectivity index (χ0v) is 13.1. The number of alkyl carbamates (subject to hydrolysis) is 1. The molecule has 1 aromatic rings. The average Bonchev–Trinajstić information content (AvgIpc) is 2.28. The molecular weight excluding hydrogens is 282 g/mol. The van der Waals surface area contributed by atoms with Gasteiger partial charge in [-0.1, -0.05) is 11.6 Å². The Labute approximate surface area is 123 Å². The third-order valence-electron chi connectivity index (χ3n) is 2.13. The van der Waals surface area contributed by atoms with Gasteiger partial charge in [-0.3, -0.25) is 0 Å². The van der Waals surface area contributed by atoms with Crippen LogP contribution in [-0.4, -0.2) is 39.5 Å². The molecule has 8 heteroatoms. The van der Waals surface area contributed by atoms with Crippen LogP contribution in [0.1, 0.15) is 33.4 Å². The molecule has 0 saturated heterocycles. The first-order valence-electron chi connectivity index (χ1n) is 6.27. The molecule has 1 aromatic heterocycles. The van der Waals surface area contributed by atoms with Gasteiger partial charge in [0, 0.05) is 12.6 Å². The molecule has 1 amide bonds. The van der Waals surface area contributed by atoms with Crippen LogP contribution in [0.25, 0.3) is 0 Å². The molecule has 0 aliphatic rings. The zero-order valence-electron chi connectivity index (χ0n) is 12.3. The smallest absolute Gasteiger partial charge is 0.407 e. The fourth-order valence-electron chi connectivity index (χ4n) is 1.27. The fraction of sp³-hybridized carbons (Fsp3) is 0.667. The lowest BCUT2D eigenvalue weighted by molar-refractivity contribution is 0.0511. The van der Waals surface area contributed by atoms with Crippen LogP contribution in [0.2, 0.25) is 5.15 Å². The van der Waals surface area contributed by atoms with Crippen LogP contribution in [0.5, 0.6) is 0 Å². The van der Waals surface area contributed by atoms with Gasteiger partial charge in [0.25, 0.3) is 0 Å². The average molecular weight is 302 g/mol. The molecule has 20 heavy (non-hydrogen) atoms. The van der Waals surface area contributed by atoms with E-state index in [9.17, 15) is 4.79 Å². The largest absolute Gasteiger partial charge is 0.444 e. The highest BCUT2D eigenvalue weighted by molar-refractivity contribution is 6.29. The predicted molar refractivity (Wildman–Crippen MR) is 76.9 cm³/mol. The van der Waals surface area contributed by atoms with Crippen molar-refractivity contribution in [1.82, 2.24) is 20.5 Å². The maximum Gasteiger partial charge on any atom is 0.407 e. The molecular formula is C12H20ClN5O2. The number of aryl methyl sites for hydroxylation is 1. The Morgan fingerprint density at radius 1 is 1.40 bits per heavy atom. The fourth-order valence-corrected chi connectivity index (χ4v) is 1.35. The van der Waals surface area contributed by atoms with Gasteiger partial charge in [0.1, 0.15) is 5.60 Å². The summed E-state index contributed by atoms with van der Waals surface area (Å²) < 4.78 is 5.16. The van der Waals surface area contributed by atoms with Crippen molar-refractivity contribution in [3.8, 4) is 0 Å². The number of ether oxygens (including phenoxy) is 1. The maximum absolute atomic E-state index is 11.6. The Balaban J connectivity index is 2.41. The summed E-state index contributed by atoms with van der Waals surface area (Å²) in [6.45, 7) is 9.46. The molecule has 7 nitrogen and oxygen atoms in total. The first-order valence-corrected chi connectivity index (χ1v) is 6.65. The van der Waals surface area contributed by atoms with E-state index in [0.717, 1.165) is 0 Å². The molecule has 0 spiro atoms. The van der Waals surface area contributed by atoms with E-state index >= 15 is 0 Å². The van der Waals surface area contributed by atoms with Crippen LogP contribution < -0.4 is 10.6 Å². The van der Waals surface area contributed by atoms with Crippen molar-refractivity contribution in [2.24, 2.45) is 0 Å². The molecule has 1 rings (SSSR count). The summed E-state index contributed by atoms with van der Waals surface area (Å²) in [7, 11) is 0. The first-order chi connectivity index (χ1) is 9.17. The molecule has 0 bridgehead atoms. The SMILES string of the molecule is Cc1nc(NC[C@@H](C)NC(=O)OC(C)(C)C)nnc1Cl. The summed E-state index contributed by atoms with van der Waals surface area (Å²) in [5.74, 6) is 0.365. The minimum atomic E-state index is -0.516. The molecule has 0 fully saturated rings. The second-order valence-electron chi connectivity index (χ2n) is 5.44. The van der Waals surface area contributed by atoms with Crippen LogP contribution >= 0.6 is 11.6 Å². The van der Waals surface area contributed by atoms with Gasteiger partial charge in [0.2, 0.25) is 5.95 Å². The van der Waals surface area contributed by atoms with Gasteiger partial charge in [-0.15, -0.1) is 10.2 Å². The number of aromatic nitrogens is 3. The summed E-state index contributed by atoms with van der Waals surface area (Å²) in [6.07, 6.45) is -0.460. The molecule has 112 valence electrons. The monoisotopic (exact) mass is 301 g/mol. The van der Waals surface area contributed by atoms with Crippen molar-refractivity contribution in [1.29, 1.82) is 0 Å². The maximum atomic E-state index is 11.6. The Bertz CT molecular complexity index is 475. The zero-order chi connectivity index (χ0) is 15.3. The predicted octanol–water partition coefficient (Wildman–Crippen LogP) is 2.16. The Kier molecular flexibility index (Phi) is 5.50. The number of hydrogen-bond acceptors (Lipinski definition) is 6. The van der Waals surface area contributed by atoms with E-state index in [0.29, 0.717) is 18.2 Å². The van der Waals surface area contributed by atoms with Gasteiger partial charge in [-0.25, -0.2) is 9.78 Å². The number of carbonyl (C=O) groups is 1. The number of halogens is 1. The number of hydrogen-bond donors (Lipinski definition) is 2. The quantitative estimate of drug-likeness (QED) is 0.886. The molecule has 0 saturated carbocycles. The van der Waals surface area contributed by atoms with Gasteiger partial charge in [-0.05, 0) is 34.6 Å². The topological polar surface area (TPSA) is 89.0 Å². The van der Waals surface area contributed by atoms with Gasteiger partial charge >= 0.3 is 6.09 Å². The van der Waals surface area contributed by atoms with Gasteiger partial charge < -0.3 is 15.4 Å². The van der Waals surface area contributed by atoms with E-state index < -0.39 is 11.7 Å². The molecule has 0 aliphatic carbocycles. The highest BCUT2D eigenvalue weighted by atomic mass is 35.5.